The molecule has 0 amide bonds. The minimum absolute atomic E-state index is 0.624. The summed E-state index contributed by atoms with van der Waals surface area (Å²) < 4.78 is 10.9. The van der Waals surface area contributed by atoms with Gasteiger partial charge in [0.1, 0.15) is 0 Å². The number of nitriles is 1. The first-order valence-electron chi connectivity index (χ1n) is 9.23. The summed E-state index contributed by atoms with van der Waals surface area (Å²) in [5, 5.41) is 10.6. The smallest absolute Gasteiger partial charge is 0.161 e. The summed E-state index contributed by atoms with van der Waals surface area (Å²) in [7, 11) is 3.29. The van der Waals surface area contributed by atoms with Gasteiger partial charge in [-0.2, -0.15) is 5.26 Å². The molecule has 2 aliphatic rings. The van der Waals surface area contributed by atoms with Gasteiger partial charge in [0.25, 0.3) is 0 Å². The second-order valence-electron chi connectivity index (χ2n) is 7.07. The Labute approximate surface area is 170 Å². The van der Waals surface area contributed by atoms with Crippen molar-refractivity contribution in [2.24, 2.45) is 0 Å². The van der Waals surface area contributed by atoms with E-state index in [1.165, 1.54) is 11.1 Å². The Morgan fingerprint density at radius 3 is 2.50 bits per heavy atom. The number of rotatable bonds is 4. The normalized spacial score (nSPS) is 16.3. The van der Waals surface area contributed by atoms with Crippen LogP contribution in [0.15, 0.2) is 42.0 Å². The molecule has 0 bridgehead atoms. The largest absolute Gasteiger partial charge is 0.493 e. The fourth-order valence-corrected chi connectivity index (χ4v) is 4.14. The number of hydrogen-bond donors (Lipinski definition) is 0. The van der Waals surface area contributed by atoms with Crippen LogP contribution in [0.5, 0.6) is 11.5 Å². The molecule has 0 unspecified atom stereocenters. The molecule has 0 aliphatic carbocycles. The zero-order valence-electron chi connectivity index (χ0n) is 16.0. The second-order valence-corrected chi connectivity index (χ2v) is 7.51. The monoisotopic (exact) mass is 395 g/mol. The van der Waals surface area contributed by atoms with E-state index in [2.05, 4.69) is 15.9 Å². The Hall–Kier alpha value is -2.68. The molecule has 0 radical (unpaired) electrons. The highest BCUT2D eigenvalue weighted by Crippen LogP contribution is 2.40. The van der Waals surface area contributed by atoms with E-state index >= 15 is 0 Å². The number of hydrogen-bond acceptors (Lipinski definition) is 5. The van der Waals surface area contributed by atoms with E-state index in [4.69, 9.17) is 21.1 Å². The summed E-state index contributed by atoms with van der Waals surface area (Å²) in [6.45, 7) is 3.07. The van der Waals surface area contributed by atoms with E-state index < -0.39 is 0 Å². The Kier molecular flexibility index (Phi) is 5.17. The Balaban J connectivity index is 1.68. The molecule has 0 N–H and O–H groups in total. The maximum atomic E-state index is 9.87. The molecule has 0 saturated carbocycles. The van der Waals surface area contributed by atoms with Crippen LogP contribution in [0.25, 0.3) is 5.70 Å². The summed E-state index contributed by atoms with van der Waals surface area (Å²) >= 11 is 5.99. The van der Waals surface area contributed by atoms with Crippen molar-refractivity contribution in [3.8, 4) is 17.6 Å². The minimum Gasteiger partial charge on any atom is -0.493 e. The Morgan fingerprint density at radius 2 is 1.82 bits per heavy atom. The van der Waals surface area contributed by atoms with Gasteiger partial charge in [0.05, 0.1) is 38.2 Å². The summed E-state index contributed by atoms with van der Waals surface area (Å²) in [5.74, 6) is 1.42. The molecule has 0 fully saturated rings. The highest BCUT2D eigenvalue weighted by molar-refractivity contribution is 6.30. The van der Waals surface area contributed by atoms with Crippen LogP contribution in [-0.2, 0) is 13.0 Å². The third-order valence-electron chi connectivity index (χ3n) is 5.32. The van der Waals surface area contributed by atoms with Crippen LogP contribution in [0.1, 0.15) is 16.7 Å². The standard InChI is InChI=1S/C22H22ClN3O2/c1-27-20-9-16-7-8-26-14-25(12-15-3-5-18(23)6-4-15)13-17(11-24)22(26)19(16)10-21(20)28-2/h3-6,9-10H,7-8,12-14H2,1-2H3. The molecule has 2 aromatic rings. The third kappa shape index (κ3) is 3.42. The van der Waals surface area contributed by atoms with Crippen LogP contribution in [0, 0.1) is 11.3 Å². The van der Waals surface area contributed by atoms with Crippen molar-refractivity contribution >= 4 is 17.3 Å². The molecule has 2 heterocycles. The summed E-state index contributed by atoms with van der Waals surface area (Å²) in [6.07, 6.45) is 0.909. The Morgan fingerprint density at radius 1 is 1.11 bits per heavy atom. The van der Waals surface area contributed by atoms with Gasteiger partial charge in [0.2, 0.25) is 0 Å². The van der Waals surface area contributed by atoms with Gasteiger partial charge in [-0.15, -0.1) is 0 Å². The lowest BCUT2D eigenvalue weighted by Crippen LogP contribution is -2.45. The van der Waals surface area contributed by atoms with Crippen molar-refractivity contribution in [1.29, 1.82) is 5.26 Å². The molecule has 0 aromatic heterocycles. The fourth-order valence-electron chi connectivity index (χ4n) is 4.01. The zero-order valence-corrected chi connectivity index (χ0v) is 16.8. The SMILES string of the molecule is COc1cc2c(cc1OC)C1=C(C#N)CN(Cc3ccc(Cl)cc3)CN1CC2. The average Bonchev–Trinajstić information content (AvgIpc) is 2.73. The first kappa shape index (κ1) is 18.7. The quantitative estimate of drug-likeness (QED) is 0.785. The van der Waals surface area contributed by atoms with Crippen molar-refractivity contribution in [2.45, 2.75) is 13.0 Å². The first-order chi connectivity index (χ1) is 13.6. The molecule has 144 valence electrons. The van der Waals surface area contributed by atoms with Crippen molar-refractivity contribution in [3.63, 3.8) is 0 Å². The number of benzene rings is 2. The molecule has 0 atom stereocenters. The second kappa shape index (κ2) is 7.75. The van der Waals surface area contributed by atoms with Gasteiger partial charge in [-0.25, -0.2) is 0 Å². The average molecular weight is 396 g/mol. The van der Waals surface area contributed by atoms with Crippen LogP contribution in [-0.4, -0.2) is 43.8 Å². The van der Waals surface area contributed by atoms with Gasteiger partial charge in [0, 0.05) is 30.2 Å². The lowest BCUT2D eigenvalue weighted by atomic mass is 9.92. The molecular weight excluding hydrogens is 374 g/mol. The van der Waals surface area contributed by atoms with Gasteiger partial charge < -0.3 is 14.4 Å². The van der Waals surface area contributed by atoms with Gasteiger partial charge in [-0.05, 0) is 41.8 Å². The van der Waals surface area contributed by atoms with E-state index in [0.29, 0.717) is 12.3 Å². The molecule has 6 heteroatoms. The van der Waals surface area contributed by atoms with Gasteiger partial charge >= 0.3 is 0 Å². The van der Waals surface area contributed by atoms with Gasteiger partial charge in [-0.1, -0.05) is 23.7 Å². The lowest BCUT2D eigenvalue weighted by Gasteiger charge is -2.42. The molecular formula is C22H22ClN3O2. The van der Waals surface area contributed by atoms with Gasteiger partial charge in [-0.3, -0.25) is 4.90 Å². The molecule has 2 aliphatic heterocycles. The minimum atomic E-state index is 0.624. The van der Waals surface area contributed by atoms with Crippen molar-refractivity contribution < 1.29 is 9.47 Å². The predicted molar refractivity (Wildman–Crippen MR) is 109 cm³/mol. The van der Waals surface area contributed by atoms with Gasteiger partial charge in [0.15, 0.2) is 11.5 Å². The maximum Gasteiger partial charge on any atom is 0.161 e. The molecule has 5 nitrogen and oxygen atoms in total. The Bertz CT molecular complexity index is 963. The topological polar surface area (TPSA) is 48.7 Å². The highest BCUT2D eigenvalue weighted by Gasteiger charge is 2.31. The number of fused-ring (bicyclic) bond motifs is 3. The van der Waals surface area contributed by atoms with Crippen LogP contribution in [0.4, 0.5) is 0 Å². The van der Waals surface area contributed by atoms with Crippen molar-refractivity contribution in [3.05, 3.63) is 63.7 Å². The fraction of sp³-hybridized carbons (Fsp3) is 0.318. The summed E-state index contributed by atoms with van der Waals surface area (Å²) in [5.41, 5.74) is 5.27. The molecule has 2 aromatic carbocycles. The number of methoxy groups -OCH3 is 2. The van der Waals surface area contributed by atoms with E-state index in [1.807, 2.05) is 36.4 Å². The van der Waals surface area contributed by atoms with Crippen LogP contribution >= 0.6 is 11.6 Å². The van der Waals surface area contributed by atoms with Crippen LogP contribution in [0.3, 0.4) is 0 Å². The van der Waals surface area contributed by atoms with Crippen molar-refractivity contribution in [2.75, 3.05) is 34.0 Å². The zero-order chi connectivity index (χ0) is 19.7. The maximum absolute atomic E-state index is 9.87. The number of ether oxygens (including phenoxy) is 2. The summed E-state index contributed by atoms with van der Waals surface area (Å²) in [6, 6.07) is 14.4. The number of halogens is 1. The first-order valence-corrected chi connectivity index (χ1v) is 9.61. The predicted octanol–water partition coefficient (Wildman–Crippen LogP) is 3.92. The molecule has 4 rings (SSSR count). The molecule has 0 saturated heterocycles. The van der Waals surface area contributed by atoms with E-state index in [0.717, 1.165) is 53.8 Å². The number of nitrogens with zero attached hydrogens (tertiary/aromatic N) is 3. The van der Waals surface area contributed by atoms with E-state index in [-0.39, 0.29) is 0 Å². The molecule has 0 spiro atoms. The lowest BCUT2D eigenvalue weighted by molar-refractivity contribution is 0.167. The van der Waals surface area contributed by atoms with E-state index in [9.17, 15) is 5.26 Å². The van der Waals surface area contributed by atoms with Crippen LogP contribution < -0.4 is 9.47 Å². The molecule has 28 heavy (non-hydrogen) atoms. The third-order valence-corrected chi connectivity index (χ3v) is 5.58. The van der Waals surface area contributed by atoms with Crippen LogP contribution in [0.2, 0.25) is 5.02 Å². The highest BCUT2D eigenvalue weighted by atomic mass is 35.5. The van der Waals surface area contributed by atoms with Crippen molar-refractivity contribution in [1.82, 2.24) is 9.80 Å². The summed E-state index contributed by atoms with van der Waals surface area (Å²) in [4.78, 5) is 4.59. The van der Waals surface area contributed by atoms with E-state index in [1.54, 1.807) is 14.2 Å².